The maximum Gasteiger partial charge on any atom is 0.299 e. The van der Waals surface area contributed by atoms with Crippen molar-refractivity contribution in [1.82, 2.24) is 0 Å². The molecule has 0 spiro atoms. The van der Waals surface area contributed by atoms with Crippen LogP contribution in [0.5, 0.6) is 0 Å². The molecule has 0 unspecified atom stereocenters. The molecule has 70 valence electrons. The molecule has 14 heavy (non-hydrogen) atoms. The molecule has 3 nitrogen and oxygen atoms in total. The van der Waals surface area contributed by atoms with Crippen LogP contribution in [-0.2, 0) is 4.79 Å². The fourth-order valence-corrected chi connectivity index (χ4v) is 1.62. The maximum atomic E-state index is 11.5. The zero-order chi connectivity index (χ0) is 10.3. The molecule has 0 aromatic heterocycles. The molecule has 0 saturated carbocycles. The fourth-order valence-electron chi connectivity index (χ4n) is 1.62. The molecule has 0 bridgehead atoms. The molecule has 1 aromatic rings. The molecule has 1 amide bonds. The van der Waals surface area contributed by atoms with Gasteiger partial charge in [0.15, 0.2) is 0 Å². The number of rotatable bonds is 1. The van der Waals surface area contributed by atoms with Gasteiger partial charge >= 0.3 is 0 Å². The summed E-state index contributed by atoms with van der Waals surface area (Å²) in [4.78, 5) is 24.3. The lowest BCUT2D eigenvalue weighted by molar-refractivity contribution is -0.114. The largest absolute Gasteiger partial charge is 0.308 e. The van der Waals surface area contributed by atoms with Crippen LogP contribution in [0.3, 0.4) is 0 Å². The maximum absolute atomic E-state index is 11.5. The number of hydrogen-bond donors (Lipinski definition) is 0. The SMILES string of the molecule is C=Cc1cccc2c1C(=O)C(=O)N2C. The molecule has 1 aliphatic rings. The summed E-state index contributed by atoms with van der Waals surface area (Å²) in [5.74, 6) is -0.924. The molecule has 0 radical (unpaired) electrons. The average Bonchev–Trinajstić information content (AvgIpc) is 2.44. The Labute approximate surface area is 81.6 Å². The summed E-state index contributed by atoms with van der Waals surface area (Å²) in [5, 5.41) is 0. The Morgan fingerprint density at radius 2 is 2.07 bits per heavy atom. The highest BCUT2D eigenvalue weighted by Crippen LogP contribution is 2.30. The van der Waals surface area contributed by atoms with E-state index in [0.717, 1.165) is 0 Å². The van der Waals surface area contributed by atoms with E-state index >= 15 is 0 Å². The van der Waals surface area contributed by atoms with Gasteiger partial charge in [-0.05, 0) is 11.6 Å². The van der Waals surface area contributed by atoms with Gasteiger partial charge in [-0.2, -0.15) is 0 Å². The number of likely N-dealkylation sites (N-methyl/N-ethyl adjacent to an activating group) is 1. The number of hydrogen-bond acceptors (Lipinski definition) is 2. The molecule has 1 aromatic carbocycles. The molecule has 3 heteroatoms. The third-order valence-electron chi connectivity index (χ3n) is 2.38. The van der Waals surface area contributed by atoms with Crippen molar-refractivity contribution in [3.63, 3.8) is 0 Å². The van der Waals surface area contributed by atoms with Gasteiger partial charge in [-0.3, -0.25) is 9.59 Å². The van der Waals surface area contributed by atoms with Crippen LogP contribution in [0.1, 0.15) is 15.9 Å². The van der Waals surface area contributed by atoms with Crippen molar-refractivity contribution >= 4 is 23.5 Å². The summed E-state index contributed by atoms with van der Waals surface area (Å²) >= 11 is 0. The number of benzene rings is 1. The molecule has 0 fully saturated rings. The first kappa shape index (κ1) is 8.69. The number of anilines is 1. The zero-order valence-electron chi connectivity index (χ0n) is 7.78. The van der Waals surface area contributed by atoms with Crippen LogP contribution in [-0.4, -0.2) is 18.7 Å². The number of Topliss-reactive ketones (excluding diaryl/α,β-unsaturated/α-hetero) is 1. The summed E-state index contributed by atoms with van der Waals surface area (Å²) in [6, 6.07) is 5.33. The lowest BCUT2D eigenvalue weighted by Crippen LogP contribution is -2.24. The van der Waals surface area contributed by atoms with E-state index < -0.39 is 11.7 Å². The number of carbonyl (C=O) groups excluding carboxylic acids is 2. The Morgan fingerprint density at radius 3 is 2.71 bits per heavy atom. The standard InChI is InChI=1S/C11H9NO2/c1-3-7-5-4-6-8-9(7)10(13)11(14)12(8)2/h3-6H,1H2,2H3. The van der Waals surface area contributed by atoms with E-state index in [1.807, 2.05) is 0 Å². The summed E-state index contributed by atoms with van der Waals surface area (Å²) in [6.07, 6.45) is 1.59. The van der Waals surface area contributed by atoms with Crippen molar-refractivity contribution in [2.24, 2.45) is 0 Å². The second-order valence-corrected chi connectivity index (χ2v) is 3.14. The summed E-state index contributed by atoms with van der Waals surface area (Å²) < 4.78 is 0. The van der Waals surface area contributed by atoms with Gasteiger partial charge in [0, 0.05) is 7.05 Å². The number of nitrogens with zero attached hydrogens (tertiary/aromatic N) is 1. The quantitative estimate of drug-likeness (QED) is 0.624. The van der Waals surface area contributed by atoms with Gasteiger partial charge < -0.3 is 4.90 Å². The Balaban J connectivity index is 2.75. The zero-order valence-corrected chi connectivity index (χ0v) is 7.78. The molecular weight excluding hydrogens is 178 g/mol. The Bertz CT molecular complexity index is 449. The van der Waals surface area contributed by atoms with Gasteiger partial charge in [-0.15, -0.1) is 0 Å². The van der Waals surface area contributed by atoms with Crippen LogP contribution in [0.2, 0.25) is 0 Å². The van der Waals surface area contributed by atoms with Crippen molar-refractivity contribution in [3.8, 4) is 0 Å². The fraction of sp³-hybridized carbons (Fsp3) is 0.0909. The van der Waals surface area contributed by atoms with E-state index in [2.05, 4.69) is 6.58 Å². The minimum Gasteiger partial charge on any atom is -0.308 e. The lowest BCUT2D eigenvalue weighted by atomic mass is 10.0. The summed E-state index contributed by atoms with van der Waals surface area (Å²) in [6.45, 7) is 3.61. The molecule has 0 saturated heterocycles. The second-order valence-electron chi connectivity index (χ2n) is 3.14. The lowest BCUT2D eigenvalue weighted by Gasteiger charge is -2.08. The van der Waals surface area contributed by atoms with Crippen LogP contribution in [0.15, 0.2) is 24.8 Å². The number of carbonyl (C=O) groups is 2. The van der Waals surface area contributed by atoms with Gasteiger partial charge in [-0.1, -0.05) is 24.8 Å². The first-order chi connectivity index (χ1) is 6.66. The molecule has 2 rings (SSSR count). The highest BCUT2D eigenvalue weighted by Gasteiger charge is 2.34. The van der Waals surface area contributed by atoms with E-state index in [-0.39, 0.29) is 0 Å². The smallest absolute Gasteiger partial charge is 0.299 e. The molecule has 0 aliphatic carbocycles. The monoisotopic (exact) mass is 187 g/mol. The highest BCUT2D eigenvalue weighted by atomic mass is 16.2. The van der Waals surface area contributed by atoms with Crippen molar-refractivity contribution in [3.05, 3.63) is 35.9 Å². The molecule has 1 heterocycles. The van der Waals surface area contributed by atoms with Crippen LogP contribution in [0, 0.1) is 0 Å². The summed E-state index contributed by atoms with van der Waals surface area (Å²) in [7, 11) is 1.60. The first-order valence-corrected chi connectivity index (χ1v) is 4.24. The predicted octanol–water partition coefficient (Wildman–Crippen LogP) is 1.49. The Kier molecular flexibility index (Phi) is 1.74. The predicted molar refractivity (Wildman–Crippen MR) is 54.3 cm³/mol. The molecule has 0 atom stereocenters. The van der Waals surface area contributed by atoms with Crippen molar-refractivity contribution < 1.29 is 9.59 Å². The average molecular weight is 187 g/mol. The van der Waals surface area contributed by atoms with Gasteiger partial charge in [-0.25, -0.2) is 0 Å². The van der Waals surface area contributed by atoms with Gasteiger partial charge in [0.05, 0.1) is 11.3 Å². The normalized spacial score (nSPS) is 14.5. The van der Waals surface area contributed by atoms with Crippen LogP contribution < -0.4 is 4.90 Å². The number of fused-ring (bicyclic) bond motifs is 1. The minimum absolute atomic E-state index is 0.446. The number of amides is 1. The first-order valence-electron chi connectivity index (χ1n) is 4.24. The minimum atomic E-state index is -0.478. The third kappa shape index (κ3) is 0.923. The summed E-state index contributed by atoms with van der Waals surface area (Å²) in [5.41, 5.74) is 1.85. The van der Waals surface area contributed by atoms with E-state index in [0.29, 0.717) is 16.8 Å². The van der Waals surface area contributed by atoms with E-state index in [1.165, 1.54) is 4.90 Å². The van der Waals surface area contributed by atoms with E-state index in [4.69, 9.17) is 0 Å². The Morgan fingerprint density at radius 1 is 1.36 bits per heavy atom. The van der Waals surface area contributed by atoms with Crippen molar-refractivity contribution in [2.75, 3.05) is 11.9 Å². The van der Waals surface area contributed by atoms with Crippen LogP contribution in [0.4, 0.5) is 5.69 Å². The number of ketones is 1. The molecule has 1 aliphatic heterocycles. The third-order valence-corrected chi connectivity index (χ3v) is 2.38. The van der Waals surface area contributed by atoms with Crippen molar-refractivity contribution in [2.45, 2.75) is 0 Å². The van der Waals surface area contributed by atoms with Crippen molar-refractivity contribution in [1.29, 1.82) is 0 Å². The van der Waals surface area contributed by atoms with Gasteiger partial charge in [0.2, 0.25) is 0 Å². The highest BCUT2D eigenvalue weighted by molar-refractivity contribution is 6.52. The van der Waals surface area contributed by atoms with Crippen LogP contribution >= 0.6 is 0 Å². The molecular formula is C11H9NO2. The molecule has 0 N–H and O–H groups in total. The topological polar surface area (TPSA) is 37.4 Å². The van der Waals surface area contributed by atoms with Crippen LogP contribution in [0.25, 0.3) is 6.08 Å². The van der Waals surface area contributed by atoms with Gasteiger partial charge in [0.1, 0.15) is 0 Å². The van der Waals surface area contributed by atoms with E-state index in [1.54, 1.807) is 31.3 Å². The van der Waals surface area contributed by atoms with E-state index in [9.17, 15) is 9.59 Å². The second kappa shape index (κ2) is 2.80. The Hall–Kier alpha value is -1.90. The van der Waals surface area contributed by atoms with Gasteiger partial charge in [0.25, 0.3) is 11.7 Å².